The van der Waals surface area contributed by atoms with E-state index in [-0.39, 0.29) is 10.8 Å². The Morgan fingerprint density at radius 2 is 1.94 bits per heavy atom. The van der Waals surface area contributed by atoms with Crippen molar-refractivity contribution in [1.29, 1.82) is 0 Å². The normalized spacial score (nSPS) is 17.7. The van der Waals surface area contributed by atoms with Crippen LogP contribution in [-0.4, -0.2) is 23.8 Å². The van der Waals surface area contributed by atoms with Crippen molar-refractivity contribution >= 4 is 27.5 Å². The fraction of sp³-hybridized carbons (Fsp3) is 0.231. The topological polar surface area (TPSA) is 29.4 Å². The number of ketones is 1. The predicted octanol–water partition coefficient (Wildman–Crippen LogP) is 3.32. The predicted molar refractivity (Wildman–Crippen MR) is 70.1 cm³/mol. The van der Waals surface area contributed by atoms with Gasteiger partial charge in [-0.05, 0) is 12.5 Å². The first-order chi connectivity index (χ1) is 8.56. The first-order valence-electron chi connectivity index (χ1n) is 5.40. The number of rotatable bonds is 3. The van der Waals surface area contributed by atoms with Crippen LogP contribution in [-0.2, 0) is 4.79 Å². The molecule has 18 heavy (non-hydrogen) atoms. The number of hydrogen-bond acceptors (Lipinski definition) is 3. The minimum atomic E-state index is -2.52. The summed E-state index contributed by atoms with van der Waals surface area (Å²) in [6.07, 6.45) is -1.08. The Morgan fingerprint density at radius 1 is 1.28 bits per heavy atom. The molecule has 1 aromatic rings. The summed E-state index contributed by atoms with van der Waals surface area (Å²) in [6.45, 7) is 1.35. The van der Waals surface area contributed by atoms with E-state index >= 15 is 0 Å². The molecule has 2 rings (SSSR count). The molecule has 0 saturated heterocycles. The van der Waals surface area contributed by atoms with Crippen LogP contribution in [0.3, 0.4) is 0 Å². The summed E-state index contributed by atoms with van der Waals surface area (Å²) in [4.78, 5) is 15.9. The zero-order valence-corrected chi connectivity index (χ0v) is 10.5. The van der Waals surface area contributed by atoms with Gasteiger partial charge < -0.3 is 0 Å². The van der Waals surface area contributed by atoms with Gasteiger partial charge in [-0.15, -0.1) is 0 Å². The number of carbonyl (C=O) groups excluding carboxylic acids is 1. The molecule has 0 bridgehead atoms. The van der Waals surface area contributed by atoms with E-state index in [1.54, 1.807) is 0 Å². The Morgan fingerprint density at radius 3 is 2.56 bits per heavy atom. The highest BCUT2D eigenvalue weighted by molar-refractivity contribution is 8.24. The van der Waals surface area contributed by atoms with E-state index in [9.17, 15) is 13.6 Å². The highest BCUT2D eigenvalue weighted by Crippen LogP contribution is 2.34. The molecule has 0 fully saturated rings. The number of aliphatic imine (C=N–C) groups is 1. The fourth-order valence-corrected chi connectivity index (χ4v) is 2.41. The van der Waals surface area contributed by atoms with Crippen LogP contribution in [0.5, 0.6) is 0 Å². The molecule has 0 aliphatic carbocycles. The van der Waals surface area contributed by atoms with Crippen LogP contribution in [0.4, 0.5) is 8.78 Å². The molecular formula is C13H11F2NOS. The van der Waals surface area contributed by atoms with E-state index in [0.717, 1.165) is 27.8 Å². The molecule has 1 heterocycles. The summed E-state index contributed by atoms with van der Waals surface area (Å²) in [5, 5.41) is 0.144. The summed E-state index contributed by atoms with van der Waals surface area (Å²) in [5.74, 6) is -0.295. The van der Waals surface area contributed by atoms with Crippen LogP contribution in [0, 0.1) is 6.92 Å². The van der Waals surface area contributed by atoms with Crippen molar-refractivity contribution in [2.75, 3.05) is 6.54 Å². The maximum absolute atomic E-state index is 12.0. The van der Waals surface area contributed by atoms with Gasteiger partial charge in [0.25, 0.3) is 6.43 Å². The number of allylic oxidation sites excluding steroid dienone is 1. The molecule has 94 valence electrons. The van der Waals surface area contributed by atoms with Crippen LogP contribution in [0.25, 0.3) is 4.91 Å². The minimum absolute atomic E-state index is 0.144. The summed E-state index contributed by atoms with van der Waals surface area (Å²) in [6, 6.07) is 7.68. The Balaban J connectivity index is 2.14. The average Bonchev–Trinajstić information content (AvgIpc) is 2.69. The van der Waals surface area contributed by atoms with E-state index in [1.165, 1.54) is 6.08 Å². The number of carbonyl (C=O) groups is 1. The lowest BCUT2D eigenvalue weighted by molar-refractivity contribution is -0.108. The van der Waals surface area contributed by atoms with E-state index in [1.807, 2.05) is 31.2 Å². The number of hydrogen-bond donors (Lipinski definition) is 0. The number of aryl methyl sites for hydroxylation is 1. The minimum Gasteiger partial charge on any atom is -0.287 e. The van der Waals surface area contributed by atoms with Crippen molar-refractivity contribution in [3.63, 3.8) is 0 Å². The molecule has 0 N–H and O–H groups in total. The van der Waals surface area contributed by atoms with Gasteiger partial charge in [-0.2, -0.15) is 0 Å². The highest BCUT2D eigenvalue weighted by Gasteiger charge is 2.22. The molecule has 1 aromatic carbocycles. The zero-order chi connectivity index (χ0) is 13.1. The Hall–Kier alpha value is -1.49. The van der Waals surface area contributed by atoms with E-state index < -0.39 is 13.0 Å². The largest absolute Gasteiger partial charge is 0.287 e. The van der Waals surface area contributed by atoms with Gasteiger partial charge in [0.05, 0.1) is 0 Å². The zero-order valence-electron chi connectivity index (χ0n) is 9.69. The molecule has 1 aliphatic rings. The summed E-state index contributed by atoms with van der Waals surface area (Å²) in [7, 11) is 0. The molecule has 0 amide bonds. The Bertz CT molecular complexity index is 520. The van der Waals surface area contributed by atoms with E-state index in [2.05, 4.69) is 4.99 Å². The highest BCUT2D eigenvalue weighted by atomic mass is 32.2. The third-order valence-corrected chi connectivity index (χ3v) is 3.49. The molecule has 2 nitrogen and oxygen atoms in total. The summed E-state index contributed by atoms with van der Waals surface area (Å²) >= 11 is 1.15. The molecule has 0 unspecified atom stereocenters. The van der Waals surface area contributed by atoms with Gasteiger partial charge in [-0.1, -0.05) is 41.6 Å². The van der Waals surface area contributed by atoms with Crippen LogP contribution < -0.4 is 0 Å². The quantitative estimate of drug-likeness (QED) is 0.840. The number of nitrogens with zero attached hydrogens (tertiary/aromatic N) is 1. The van der Waals surface area contributed by atoms with Crippen molar-refractivity contribution < 1.29 is 13.6 Å². The second kappa shape index (κ2) is 5.44. The van der Waals surface area contributed by atoms with Gasteiger partial charge in [0.15, 0.2) is 0 Å². The van der Waals surface area contributed by atoms with Gasteiger partial charge >= 0.3 is 0 Å². The van der Waals surface area contributed by atoms with Gasteiger partial charge in [0.2, 0.25) is 5.78 Å². The maximum atomic E-state index is 12.0. The lowest BCUT2D eigenvalue weighted by atomic mass is 10.1. The lowest BCUT2D eigenvalue weighted by Gasteiger charge is -2.01. The number of alkyl halides is 2. The smallest absolute Gasteiger partial charge is 0.257 e. The number of halogens is 2. The van der Waals surface area contributed by atoms with Crippen LogP contribution in [0.1, 0.15) is 11.1 Å². The Kier molecular flexibility index (Phi) is 3.91. The SMILES string of the molecule is Cc1ccc(C2=CC(=O)C(=NCC(F)F)S2)cc1. The van der Waals surface area contributed by atoms with Crippen molar-refractivity contribution in [2.45, 2.75) is 13.3 Å². The first-order valence-corrected chi connectivity index (χ1v) is 6.21. The molecule has 0 spiro atoms. The van der Waals surface area contributed by atoms with Crippen LogP contribution >= 0.6 is 11.8 Å². The number of thioether (sulfide) groups is 1. The average molecular weight is 267 g/mol. The molecule has 1 aliphatic heterocycles. The van der Waals surface area contributed by atoms with Gasteiger partial charge in [-0.25, -0.2) is 8.78 Å². The molecular weight excluding hydrogens is 256 g/mol. The van der Waals surface area contributed by atoms with E-state index in [0.29, 0.717) is 0 Å². The van der Waals surface area contributed by atoms with Gasteiger partial charge in [-0.3, -0.25) is 9.79 Å². The second-order valence-electron chi connectivity index (χ2n) is 3.88. The molecule has 5 heteroatoms. The van der Waals surface area contributed by atoms with Gasteiger partial charge in [0.1, 0.15) is 11.6 Å². The van der Waals surface area contributed by atoms with E-state index in [4.69, 9.17) is 0 Å². The third kappa shape index (κ3) is 3.04. The van der Waals surface area contributed by atoms with Crippen molar-refractivity contribution in [3.05, 3.63) is 41.5 Å². The molecule has 0 aromatic heterocycles. The third-order valence-electron chi connectivity index (χ3n) is 2.39. The van der Waals surface area contributed by atoms with Crippen LogP contribution in [0.15, 0.2) is 35.3 Å². The van der Waals surface area contributed by atoms with Crippen molar-refractivity contribution in [1.82, 2.24) is 0 Å². The maximum Gasteiger partial charge on any atom is 0.257 e. The fourth-order valence-electron chi connectivity index (χ4n) is 1.49. The lowest BCUT2D eigenvalue weighted by Crippen LogP contribution is -2.05. The molecule has 0 radical (unpaired) electrons. The standard InChI is InChI=1S/C13H11F2NOS/c1-8-2-4-9(5-3-8)11-6-10(17)13(18-11)16-7-12(14)15/h2-6,12H,7H2,1H3. The molecule has 0 saturated carbocycles. The van der Waals surface area contributed by atoms with Crippen LogP contribution in [0.2, 0.25) is 0 Å². The number of benzene rings is 1. The Labute approximate surface area is 108 Å². The monoisotopic (exact) mass is 267 g/mol. The first kappa shape index (κ1) is 13.0. The second-order valence-corrected chi connectivity index (χ2v) is 4.91. The van der Waals surface area contributed by atoms with Crippen molar-refractivity contribution in [2.24, 2.45) is 4.99 Å². The molecule has 0 atom stereocenters. The van der Waals surface area contributed by atoms with Crippen molar-refractivity contribution in [3.8, 4) is 0 Å². The summed E-state index contributed by atoms with van der Waals surface area (Å²) in [5.41, 5.74) is 2.03. The summed E-state index contributed by atoms with van der Waals surface area (Å²) < 4.78 is 24.1. The van der Waals surface area contributed by atoms with Gasteiger partial charge in [0, 0.05) is 11.0 Å².